The zero-order chi connectivity index (χ0) is 27.0. The maximum atomic E-state index is 11.6. The number of allylic oxidation sites excluding steroid dienone is 9. The second-order valence-electron chi connectivity index (χ2n) is 11.3. The van der Waals surface area contributed by atoms with Gasteiger partial charge in [0.25, 0.3) is 0 Å². The van der Waals surface area contributed by atoms with E-state index in [1.165, 1.54) is 63.5 Å². The third-order valence-electron chi connectivity index (χ3n) is 7.73. The fraction of sp³-hybridized carbons (Fsp3) is 0.559. The minimum absolute atomic E-state index is 0.0113. The molecule has 3 heteroatoms. The van der Waals surface area contributed by atoms with E-state index in [1.807, 2.05) is 19.9 Å². The van der Waals surface area contributed by atoms with Gasteiger partial charge in [-0.15, -0.1) is 0 Å². The van der Waals surface area contributed by atoms with Crippen LogP contribution in [0, 0.1) is 11.8 Å². The molecular formula is C34H52N2O. The van der Waals surface area contributed by atoms with Crippen LogP contribution in [0.5, 0.6) is 0 Å². The SMILES string of the molecule is C=C(/C=C\C=C\C)C(NC1CCCC(C)C1)=C1CCC1.C=C/C(C)=C\C=C\C(=O)NC1CCCC(C)C1. The molecule has 0 heterocycles. The van der Waals surface area contributed by atoms with Gasteiger partial charge in [0.2, 0.25) is 5.91 Å². The van der Waals surface area contributed by atoms with Gasteiger partial charge in [-0.05, 0) is 81.8 Å². The van der Waals surface area contributed by atoms with Gasteiger partial charge in [-0.3, -0.25) is 4.79 Å². The van der Waals surface area contributed by atoms with Gasteiger partial charge in [-0.2, -0.15) is 0 Å². The molecule has 204 valence electrons. The largest absolute Gasteiger partial charge is 0.382 e. The quantitative estimate of drug-likeness (QED) is 0.244. The zero-order valence-corrected chi connectivity index (χ0v) is 24.0. The van der Waals surface area contributed by atoms with Crippen molar-refractivity contribution in [3.05, 3.63) is 84.2 Å². The summed E-state index contributed by atoms with van der Waals surface area (Å²) in [5.74, 6) is 1.61. The van der Waals surface area contributed by atoms with E-state index in [4.69, 9.17) is 0 Å². The Morgan fingerprint density at radius 3 is 2.00 bits per heavy atom. The maximum absolute atomic E-state index is 11.6. The number of carbonyl (C=O) groups excluding carboxylic acids is 1. The van der Waals surface area contributed by atoms with Gasteiger partial charge >= 0.3 is 0 Å². The van der Waals surface area contributed by atoms with Gasteiger partial charge in [0.1, 0.15) is 0 Å². The number of rotatable bonds is 9. The summed E-state index contributed by atoms with van der Waals surface area (Å²) in [6.07, 6.45) is 29.3. The molecule has 3 rings (SSSR count). The molecule has 0 aromatic carbocycles. The highest BCUT2D eigenvalue weighted by atomic mass is 16.1. The summed E-state index contributed by atoms with van der Waals surface area (Å²) >= 11 is 0. The Balaban J connectivity index is 0.000000264. The fourth-order valence-electron chi connectivity index (χ4n) is 5.33. The minimum Gasteiger partial charge on any atom is -0.382 e. The molecular weight excluding hydrogens is 452 g/mol. The first-order valence-electron chi connectivity index (χ1n) is 14.6. The van der Waals surface area contributed by atoms with E-state index < -0.39 is 0 Å². The number of amides is 1. The van der Waals surface area contributed by atoms with E-state index in [1.54, 1.807) is 23.8 Å². The molecule has 0 aliphatic heterocycles. The second kappa shape index (κ2) is 17.1. The van der Waals surface area contributed by atoms with Crippen molar-refractivity contribution >= 4 is 5.91 Å². The lowest BCUT2D eigenvalue weighted by atomic mass is 9.84. The van der Waals surface area contributed by atoms with Crippen LogP contribution in [0.3, 0.4) is 0 Å². The monoisotopic (exact) mass is 504 g/mol. The molecule has 4 atom stereocenters. The van der Waals surface area contributed by atoms with Crippen LogP contribution in [0.4, 0.5) is 0 Å². The lowest BCUT2D eigenvalue weighted by molar-refractivity contribution is -0.117. The molecule has 3 fully saturated rings. The summed E-state index contributed by atoms with van der Waals surface area (Å²) in [6.45, 7) is 16.6. The van der Waals surface area contributed by atoms with E-state index in [-0.39, 0.29) is 5.91 Å². The molecule has 0 aromatic rings. The first kappa shape index (κ1) is 30.7. The molecule has 0 bridgehead atoms. The Morgan fingerprint density at radius 2 is 1.49 bits per heavy atom. The van der Waals surface area contributed by atoms with E-state index in [2.05, 4.69) is 61.9 Å². The Bertz CT molecular complexity index is 895. The predicted molar refractivity (Wildman–Crippen MR) is 161 cm³/mol. The van der Waals surface area contributed by atoms with Crippen LogP contribution in [0.1, 0.15) is 98.3 Å². The van der Waals surface area contributed by atoms with E-state index in [0.29, 0.717) is 12.1 Å². The summed E-state index contributed by atoms with van der Waals surface area (Å²) in [5.41, 5.74) is 5.13. The van der Waals surface area contributed by atoms with Gasteiger partial charge in [-0.1, -0.05) is 101 Å². The van der Waals surface area contributed by atoms with Crippen LogP contribution in [-0.2, 0) is 4.79 Å². The van der Waals surface area contributed by atoms with Gasteiger partial charge in [0.05, 0.1) is 0 Å². The molecule has 1 amide bonds. The molecule has 3 nitrogen and oxygen atoms in total. The summed E-state index contributed by atoms with van der Waals surface area (Å²) in [4.78, 5) is 11.6. The number of carbonyl (C=O) groups is 1. The molecule has 0 spiro atoms. The van der Waals surface area contributed by atoms with Crippen LogP contribution < -0.4 is 10.6 Å². The Kier molecular flexibility index (Phi) is 14.1. The summed E-state index contributed by atoms with van der Waals surface area (Å²) < 4.78 is 0. The first-order chi connectivity index (χ1) is 17.8. The molecule has 37 heavy (non-hydrogen) atoms. The van der Waals surface area contributed by atoms with Crippen LogP contribution in [0.15, 0.2) is 84.2 Å². The lowest BCUT2D eigenvalue weighted by Gasteiger charge is -2.32. The third kappa shape index (κ3) is 12.0. The summed E-state index contributed by atoms with van der Waals surface area (Å²) in [5, 5.41) is 6.88. The number of hydrogen-bond donors (Lipinski definition) is 2. The average Bonchev–Trinajstić information content (AvgIpc) is 2.83. The third-order valence-corrected chi connectivity index (χ3v) is 7.73. The van der Waals surface area contributed by atoms with E-state index in [9.17, 15) is 4.79 Å². The Morgan fingerprint density at radius 1 is 0.865 bits per heavy atom. The van der Waals surface area contributed by atoms with Gasteiger partial charge in [0, 0.05) is 23.9 Å². The minimum atomic E-state index is 0.0113. The van der Waals surface area contributed by atoms with Crippen molar-refractivity contribution in [3.8, 4) is 0 Å². The normalized spacial score (nSPS) is 26.4. The summed E-state index contributed by atoms with van der Waals surface area (Å²) in [7, 11) is 0. The number of hydrogen-bond acceptors (Lipinski definition) is 2. The first-order valence-corrected chi connectivity index (χ1v) is 14.6. The Hall–Kier alpha value is -2.55. The molecule has 2 N–H and O–H groups in total. The van der Waals surface area contributed by atoms with Crippen LogP contribution in [-0.4, -0.2) is 18.0 Å². The topological polar surface area (TPSA) is 41.1 Å². The van der Waals surface area contributed by atoms with Crippen molar-refractivity contribution in [1.82, 2.24) is 10.6 Å². The fourth-order valence-corrected chi connectivity index (χ4v) is 5.33. The van der Waals surface area contributed by atoms with Crippen LogP contribution >= 0.6 is 0 Å². The van der Waals surface area contributed by atoms with Gasteiger partial charge < -0.3 is 10.6 Å². The van der Waals surface area contributed by atoms with Crippen LogP contribution in [0.2, 0.25) is 0 Å². The lowest BCUT2D eigenvalue weighted by Crippen LogP contribution is -2.36. The van der Waals surface area contributed by atoms with Crippen molar-refractivity contribution in [3.63, 3.8) is 0 Å². The predicted octanol–water partition coefficient (Wildman–Crippen LogP) is 8.65. The maximum Gasteiger partial charge on any atom is 0.244 e. The van der Waals surface area contributed by atoms with E-state index in [0.717, 1.165) is 35.8 Å². The zero-order valence-electron chi connectivity index (χ0n) is 24.0. The highest BCUT2D eigenvalue weighted by molar-refractivity contribution is 5.88. The highest BCUT2D eigenvalue weighted by Gasteiger charge is 2.23. The van der Waals surface area contributed by atoms with Crippen molar-refractivity contribution in [2.45, 2.75) is 110 Å². The average molecular weight is 505 g/mol. The van der Waals surface area contributed by atoms with Gasteiger partial charge in [0.15, 0.2) is 0 Å². The molecule has 0 aromatic heterocycles. The van der Waals surface area contributed by atoms with Crippen molar-refractivity contribution in [1.29, 1.82) is 0 Å². The van der Waals surface area contributed by atoms with Crippen molar-refractivity contribution in [2.75, 3.05) is 0 Å². The van der Waals surface area contributed by atoms with Crippen LogP contribution in [0.25, 0.3) is 0 Å². The molecule has 0 radical (unpaired) electrons. The van der Waals surface area contributed by atoms with Crippen molar-refractivity contribution < 1.29 is 4.79 Å². The molecule has 0 saturated heterocycles. The standard InChI is InChI=1S/C19H29N.C15H23NO/c1-4-5-6-10-16(3)19(17-11-8-12-17)20-18-13-7-9-15(2)14-18;1-4-12(2)7-6-10-15(17)16-14-9-5-8-13(3)11-14/h4-6,10,15,18,20H,3,7-9,11-14H2,1-2H3;4,6-7,10,13-14H,1,5,8-9,11H2,2-3H3,(H,16,17)/b5-4+,10-6-;10-6+,12-7-. The Labute approximate surface area is 227 Å². The molecule has 3 saturated carbocycles. The van der Waals surface area contributed by atoms with Gasteiger partial charge in [-0.25, -0.2) is 0 Å². The second-order valence-corrected chi connectivity index (χ2v) is 11.3. The molecule has 4 unspecified atom stereocenters. The molecule has 3 aliphatic rings. The van der Waals surface area contributed by atoms with E-state index >= 15 is 0 Å². The highest BCUT2D eigenvalue weighted by Crippen LogP contribution is 2.32. The smallest absolute Gasteiger partial charge is 0.244 e. The van der Waals surface area contributed by atoms with Crippen molar-refractivity contribution in [2.24, 2.45) is 11.8 Å². The molecule has 3 aliphatic carbocycles. The summed E-state index contributed by atoms with van der Waals surface area (Å²) in [6, 6.07) is 1.01. The number of nitrogens with one attached hydrogen (secondary N) is 2.